The molecule has 2 rings (SSSR count). The van der Waals surface area contributed by atoms with Gasteiger partial charge in [-0.05, 0) is 61.7 Å². The van der Waals surface area contributed by atoms with Crippen LogP contribution in [-0.2, 0) is 0 Å². The van der Waals surface area contributed by atoms with E-state index in [-0.39, 0.29) is 11.9 Å². The largest absolute Gasteiger partial charge is 0.306 e. The van der Waals surface area contributed by atoms with Gasteiger partial charge in [-0.25, -0.2) is 4.39 Å². The van der Waals surface area contributed by atoms with E-state index in [1.54, 1.807) is 12.1 Å². The van der Waals surface area contributed by atoms with Crippen molar-refractivity contribution < 1.29 is 4.39 Å². The third-order valence-electron chi connectivity index (χ3n) is 3.73. The summed E-state index contributed by atoms with van der Waals surface area (Å²) in [5.41, 5.74) is 4.10. The number of benzene rings is 2. The first-order chi connectivity index (χ1) is 10.0. The zero-order valence-corrected chi connectivity index (χ0v) is 13.5. The van der Waals surface area contributed by atoms with E-state index in [2.05, 4.69) is 44.3 Å². The number of nitrogens with one attached hydrogen (secondary N) is 1. The lowest BCUT2D eigenvalue weighted by Crippen LogP contribution is -2.24. The topological polar surface area (TPSA) is 12.0 Å². The lowest BCUT2D eigenvalue weighted by molar-refractivity contribution is 0.546. The van der Waals surface area contributed by atoms with Gasteiger partial charge >= 0.3 is 0 Å². The molecule has 0 aliphatic carbocycles. The molecule has 21 heavy (non-hydrogen) atoms. The van der Waals surface area contributed by atoms with Crippen LogP contribution in [0.2, 0.25) is 5.02 Å². The molecule has 1 N–H and O–H groups in total. The number of aryl methyl sites for hydroxylation is 2. The molecule has 1 nitrogen and oxygen atoms in total. The molecule has 1 atom stereocenters. The maximum Gasteiger partial charge on any atom is 0.128 e. The van der Waals surface area contributed by atoms with E-state index in [0.29, 0.717) is 10.6 Å². The minimum Gasteiger partial charge on any atom is -0.306 e. The molecule has 0 fully saturated rings. The van der Waals surface area contributed by atoms with Crippen LogP contribution in [-0.4, -0.2) is 6.54 Å². The average molecular weight is 306 g/mol. The molecule has 3 heteroatoms. The standard InChI is InChI=1S/C18H21ClFN/c1-4-9-21-18(14-6-5-12(2)13(3)10-14)16-11-15(19)7-8-17(16)20/h5-8,10-11,18,21H,4,9H2,1-3H3. The summed E-state index contributed by atoms with van der Waals surface area (Å²) in [5, 5.41) is 3.97. The zero-order valence-electron chi connectivity index (χ0n) is 12.7. The molecular formula is C18H21ClFN. The highest BCUT2D eigenvalue weighted by Gasteiger charge is 2.18. The van der Waals surface area contributed by atoms with Crippen LogP contribution in [0.5, 0.6) is 0 Å². The van der Waals surface area contributed by atoms with E-state index in [9.17, 15) is 4.39 Å². The summed E-state index contributed by atoms with van der Waals surface area (Å²) in [6.45, 7) is 7.07. The maximum absolute atomic E-state index is 14.2. The van der Waals surface area contributed by atoms with Crippen LogP contribution in [0.1, 0.15) is 41.6 Å². The van der Waals surface area contributed by atoms with Crippen LogP contribution in [0, 0.1) is 19.7 Å². The van der Waals surface area contributed by atoms with Gasteiger partial charge in [0.1, 0.15) is 5.82 Å². The van der Waals surface area contributed by atoms with Gasteiger partial charge in [-0.2, -0.15) is 0 Å². The second-order valence-corrected chi connectivity index (χ2v) is 5.83. The van der Waals surface area contributed by atoms with Crippen molar-refractivity contribution in [2.75, 3.05) is 6.54 Å². The van der Waals surface area contributed by atoms with Crippen molar-refractivity contribution >= 4 is 11.6 Å². The number of rotatable bonds is 5. The van der Waals surface area contributed by atoms with E-state index in [1.165, 1.54) is 17.2 Å². The van der Waals surface area contributed by atoms with E-state index in [1.807, 2.05) is 0 Å². The molecule has 0 aliphatic rings. The average Bonchev–Trinajstić information content (AvgIpc) is 2.46. The second kappa shape index (κ2) is 7.06. The van der Waals surface area contributed by atoms with Crippen LogP contribution < -0.4 is 5.32 Å². The van der Waals surface area contributed by atoms with Crippen LogP contribution in [0.25, 0.3) is 0 Å². The van der Waals surface area contributed by atoms with Crippen LogP contribution in [0.4, 0.5) is 4.39 Å². The number of hydrogen-bond donors (Lipinski definition) is 1. The molecular weight excluding hydrogens is 285 g/mol. The normalized spacial score (nSPS) is 12.4. The maximum atomic E-state index is 14.2. The Bertz CT molecular complexity index is 625. The van der Waals surface area contributed by atoms with Gasteiger partial charge in [-0.15, -0.1) is 0 Å². The molecule has 112 valence electrons. The van der Waals surface area contributed by atoms with Gasteiger partial charge in [0.2, 0.25) is 0 Å². The molecule has 0 spiro atoms. The summed E-state index contributed by atoms with van der Waals surface area (Å²) >= 11 is 6.04. The van der Waals surface area contributed by atoms with Gasteiger partial charge in [-0.1, -0.05) is 36.7 Å². The fraction of sp³-hybridized carbons (Fsp3) is 0.333. The van der Waals surface area contributed by atoms with Crippen molar-refractivity contribution in [2.45, 2.75) is 33.2 Å². The van der Waals surface area contributed by atoms with Gasteiger partial charge in [0, 0.05) is 10.6 Å². The Balaban J connectivity index is 2.46. The summed E-state index contributed by atoms with van der Waals surface area (Å²) in [4.78, 5) is 0. The van der Waals surface area contributed by atoms with Crippen molar-refractivity contribution in [3.8, 4) is 0 Å². The summed E-state index contributed by atoms with van der Waals surface area (Å²) in [6, 6.07) is 10.8. The van der Waals surface area contributed by atoms with Crippen molar-refractivity contribution in [1.29, 1.82) is 0 Å². The van der Waals surface area contributed by atoms with E-state index < -0.39 is 0 Å². The summed E-state index contributed by atoms with van der Waals surface area (Å²) in [7, 11) is 0. The fourth-order valence-electron chi connectivity index (χ4n) is 2.38. The molecule has 0 saturated carbocycles. The highest BCUT2D eigenvalue weighted by molar-refractivity contribution is 6.30. The first-order valence-electron chi connectivity index (χ1n) is 7.28. The van der Waals surface area contributed by atoms with Gasteiger partial charge in [-0.3, -0.25) is 0 Å². The Morgan fingerprint density at radius 3 is 2.52 bits per heavy atom. The quantitative estimate of drug-likeness (QED) is 0.802. The molecule has 0 aromatic heterocycles. The second-order valence-electron chi connectivity index (χ2n) is 5.40. The van der Waals surface area contributed by atoms with Crippen molar-refractivity contribution in [2.24, 2.45) is 0 Å². The molecule has 2 aromatic carbocycles. The number of halogens is 2. The Morgan fingerprint density at radius 2 is 1.86 bits per heavy atom. The van der Waals surface area contributed by atoms with Crippen LogP contribution in [0.15, 0.2) is 36.4 Å². The lowest BCUT2D eigenvalue weighted by Gasteiger charge is -2.21. The Labute approximate surface area is 131 Å². The zero-order chi connectivity index (χ0) is 15.4. The lowest BCUT2D eigenvalue weighted by atomic mass is 9.95. The third-order valence-corrected chi connectivity index (χ3v) is 3.97. The molecule has 0 saturated heterocycles. The molecule has 1 unspecified atom stereocenters. The third kappa shape index (κ3) is 3.84. The molecule has 0 radical (unpaired) electrons. The minimum atomic E-state index is -0.230. The van der Waals surface area contributed by atoms with Crippen molar-refractivity contribution in [3.63, 3.8) is 0 Å². The first-order valence-corrected chi connectivity index (χ1v) is 7.66. The molecule has 0 heterocycles. The summed E-state index contributed by atoms with van der Waals surface area (Å²) in [5.74, 6) is -0.230. The van der Waals surface area contributed by atoms with Crippen molar-refractivity contribution in [3.05, 3.63) is 69.5 Å². The first kappa shape index (κ1) is 16.0. The Kier molecular flexibility index (Phi) is 5.38. The van der Waals surface area contributed by atoms with Crippen LogP contribution >= 0.6 is 11.6 Å². The highest BCUT2D eigenvalue weighted by Crippen LogP contribution is 2.28. The number of hydrogen-bond acceptors (Lipinski definition) is 1. The smallest absolute Gasteiger partial charge is 0.128 e. The van der Waals surface area contributed by atoms with Gasteiger partial charge < -0.3 is 5.32 Å². The minimum absolute atomic E-state index is 0.178. The van der Waals surface area contributed by atoms with E-state index in [4.69, 9.17) is 11.6 Å². The Hall–Kier alpha value is -1.38. The molecule has 0 aliphatic heterocycles. The fourth-order valence-corrected chi connectivity index (χ4v) is 2.56. The summed E-state index contributed by atoms with van der Waals surface area (Å²) in [6.07, 6.45) is 0.990. The molecule has 0 bridgehead atoms. The van der Waals surface area contributed by atoms with Crippen LogP contribution in [0.3, 0.4) is 0 Å². The Morgan fingerprint density at radius 1 is 1.10 bits per heavy atom. The van der Waals surface area contributed by atoms with E-state index in [0.717, 1.165) is 18.5 Å². The van der Waals surface area contributed by atoms with E-state index >= 15 is 0 Å². The summed E-state index contributed by atoms with van der Waals surface area (Å²) < 4.78 is 14.2. The predicted octanol–water partition coefficient (Wildman–Crippen LogP) is 5.18. The molecule has 2 aromatic rings. The predicted molar refractivity (Wildman–Crippen MR) is 87.5 cm³/mol. The highest BCUT2D eigenvalue weighted by atomic mass is 35.5. The van der Waals surface area contributed by atoms with Gasteiger partial charge in [0.15, 0.2) is 0 Å². The van der Waals surface area contributed by atoms with Gasteiger partial charge in [0.05, 0.1) is 6.04 Å². The monoisotopic (exact) mass is 305 g/mol. The van der Waals surface area contributed by atoms with Gasteiger partial charge in [0.25, 0.3) is 0 Å². The molecule has 0 amide bonds. The van der Waals surface area contributed by atoms with Crippen molar-refractivity contribution in [1.82, 2.24) is 5.32 Å². The SMILES string of the molecule is CCCNC(c1ccc(C)c(C)c1)c1cc(Cl)ccc1F.